The SMILES string of the molecule is O=C(O)c1cc(COc2ccccc2)oc1COc1ccccc1. The number of carboxylic acids is 1. The Kier molecular flexibility index (Phi) is 4.81. The van der Waals surface area contributed by atoms with Crippen LogP contribution in [0.25, 0.3) is 0 Å². The summed E-state index contributed by atoms with van der Waals surface area (Å²) in [5.74, 6) is 0.970. The van der Waals surface area contributed by atoms with Crippen LogP contribution in [0.4, 0.5) is 0 Å². The molecule has 122 valence electrons. The van der Waals surface area contributed by atoms with E-state index in [4.69, 9.17) is 13.9 Å². The fourth-order valence-corrected chi connectivity index (χ4v) is 2.18. The second-order valence-electron chi connectivity index (χ2n) is 5.06. The van der Waals surface area contributed by atoms with Crippen LogP contribution in [0.2, 0.25) is 0 Å². The largest absolute Gasteiger partial charge is 0.486 e. The van der Waals surface area contributed by atoms with Crippen LogP contribution < -0.4 is 9.47 Å². The number of benzene rings is 2. The molecule has 0 amide bonds. The van der Waals surface area contributed by atoms with Crippen molar-refractivity contribution in [3.8, 4) is 11.5 Å². The lowest BCUT2D eigenvalue weighted by Gasteiger charge is -2.05. The van der Waals surface area contributed by atoms with E-state index in [-0.39, 0.29) is 24.5 Å². The summed E-state index contributed by atoms with van der Waals surface area (Å²) in [5, 5.41) is 9.31. The molecule has 0 radical (unpaired) electrons. The normalized spacial score (nSPS) is 10.3. The molecule has 0 unspecified atom stereocenters. The number of carboxylic acid groups (broad SMARTS) is 1. The van der Waals surface area contributed by atoms with E-state index < -0.39 is 5.97 Å². The van der Waals surface area contributed by atoms with E-state index in [1.54, 1.807) is 12.1 Å². The van der Waals surface area contributed by atoms with Crippen molar-refractivity contribution >= 4 is 5.97 Å². The highest BCUT2D eigenvalue weighted by Crippen LogP contribution is 2.20. The van der Waals surface area contributed by atoms with Gasteiger partial charge in [0.2, 0.25) is 0 Å². The summed E-state index contributed by atoms with van der Waals surface area (Å²) >= 11 is 0. The van der Waals surface area contributed by atoms with Gasteiger partial charge in [0.25, 0.3) is 0 Å². The van der Waals surface area contributed by atoms with Gasteiger partial charge in [0.1, 0.15) is 36.0 Å². The molecule has 5 heteroatoms. The minimum atomic E-state index is -1.06. The number of aromatic carboxylic acids is 1. The van der Waals surface area contributed by atoms with E-state index in [0.29, 0.717) is 17.3 Å². The Morgan fingerprint density at radius 3 is 1.96 bits per heavy atom. The Labute approximate surface area is 139 Å². The number of rotatable bonds is 7. The Balaban J connectivity index is 1.69. The quantitative estimate of drug-likeness (QED) is 0.707. The topological polar surface area (TPSA) is 68.9 Å². The summed E-state index contributed by atoms with van der Waals surface area (Å²) in [4.78, 5) is 11.4. The molecule has 1 N–H and O–H groups in total. The van der Waals surface area contributed by atoms with Crippen LogP contribution >= 0.6 is 0 Å². The molecule has 0 spiro atoms. The van der Waals surface area contributed by atoms with Crippen LogP contribution in [-0.4, -0.2) is 11.1 Å². The Hall–Kier alpha value is -3.21. The third-order valence-corrected chi connectivity index (χ3v) is 3.33. The molecule has 0 aliphatic rings. The predicted octanol–water partition coefficient (Wildman–Crippen LogP) is 4.14. The molecule has 2 aromatic carbocycles. The third kappa shape index (κ3) is 3.95. The smallest absolute Gasteiger partial charge is 0.339 e. The molecule has 1 aromatic heterocycles. The molecule has 0 aliphatic heterocycles. The standard InChI is InChI=1S/C19H16O5/c20-19(21)17-11-16(12-22-14-7-3-1-4-8-14)24-18(17)13-23-15-9-5-2-6-10-15/h1-11H,12-13H2,(H,20,21). The van der Waals surface area contributed by atoms with E-state index in [1.807, 2.05) is 48.5 Å². The number of hydrogen-bond donors (Lipinski definition) is 1. The molecule has 24 heavy (non-hydrogen) atoms. The fourth-order valence-electron chi connectivity index (χ4n) is 2.18. The van der Waals surface area contributed by atoms with Gasteiger partial charge in [-0.2, -0.15) is 0 Å². The van der Waals surface area contributed by atoms with Crippen molar-refractivity contribution < 1.29 is 23.8 Å². The zero-order chi connectivity index (χ0) is 16.8. The summed E-state index contributed by atoms with van der Waals surface area (Å²) in [6, 6.07) is 19.9. The number of furan rings is 1. The summed E-state index contributed by atoms with van der Waals surface area (Å²) < 4.78 is 16.7. The van der Waals surface area contributed by atoms with E-state index in [1.165, 1.54) is 6.07 Å². The van der Waals surface area contributed by atoms with Crippen LogP contribution in [0, 0.1) is 0 Å². The Morgan fingerprint density at radius 2 is 1.42 bits per heavy atom. The highest BCUT2D eigenvalue weighted by Gasteiger charge is 2.18. The van der Waals surface area contributed by atoms with Crippen molar-refractivity contribution in [3.63, 3.8) is 0 Å². The van der Waals surface area contributed by atoms with Gasteiger partial charge in [-0.05, 0) is 30.3 Å². The minimum Gasteiger partial charge on any atom is -0.486 e. The van der Waals surface area contributed by atoms with Crippen molar-refractivity contribution in [1.82, 2.24) is 0 Å². The van der Waals surface area contributed by atoms with Crippen molar-refractivity contribution in [2.45, 2.75) is 13.2 Å². The second-order valence-corrected chi connectivity index (χ2v) is 5.06. The van der Waals surface area contributed by atoms with Crippen molar-refractivity contribution in [2.24, 2.45) is 0 Å². The monoisotopic (exact) mass is 324 g/mol. The molecule has 0 atom stereocenters. The maximum Gasteiger partial charge on any atom is 0.339 e. The highest BCUT2D eigenvalue weighted by molar-refractivity contribution is 5.88. The summed E-state index contributed by atoms with van der Waals surface area (Å²) in [7, 11) is 0. The second kappa shape index (κ2) is 7.37. The Bertz CT molecular complexity index is 793. The van der Waals surface area contributed by atoms with Gasteiger partial charge >= 0.3 is 5.97 Å². The van der Waals surface area contributed by atoms with E-state index in [0.717, 1.165) is 0 Å². The van der Waals surface area contributed by atoms with Crippen LogP contribution in [0.15, 0.2) is 71.1 Å². The molecule has 0 saturated heterocycles. The van der Waals surface area contributed by atoms with Crippen LogP contribution in [0.1, 0.15) is 21.9 Å². The molecular weight excluding hydrogens is 308 g/mol. The highest BCUT2D eigenvalue weighted by atomic mass is 16.5. The molecule has 0 bridgehead atoms. The van der Waals surface area contributed by atoms with Crippen molar-refractivity contribution in [2.75, 3.05) is 0 Å². The number of para-hydroxylation sites is 2. The van der Waals surface area contributed by atoms with Crippen LogP contribution in [0.5, 0.6) is 11.5 Å². The van der Waals surface area contributed by atoms with Gasteiger partial charge in [0.15, 0.2) is 5.76 Å². The molecule has 1 heterocycles. The number of ether oxygens (including phenoxy) is 2. The third-order valence-electron chi connectivity index (χ3n) is 3.33. The molecule has 3 rings (SSSR count). The summed E-state index contributed by atoms with van der Waals surface area (Å²) in [5.41, 5.74) is 0.0811. The first-order chi connectivity index (χ1) is 11.7. The first-order valence-corrected chi connectivity index (χ1v) is 7.43. The summed E-state index contributed by atoms with van der Waals surface area (Å²) in [6.45, 7) is 0.187. The van der Waals surface area contributed by atoms with Gasteiger partial charge in [0, 0.05) is 0 Å². The van der Waals surface area contributed by atoms with Gasteiger partial charge < -0.3 is 19.0 Å². The number of carbonyl (C=O) groups is 1. The van der Waals surface area contributed by atoms with Crippen LogP contribution in [0.3, 0.4) is 0 Å². The van der Waals surface area contributed by atoms with Gasteiger partial charge in [-0.15, -0.1) is 0 Å². The van der Waals surface area contributed by atoms with Crippen molar-refractivity contribution in [3.05, 3.63) is 83.8 Å². The van der Waals surface area contributed by atoms with E-state index in [2.05, 4.69) is 0 Å². The first-order valence-electron chi connectivity index (χ1n) is 7.43. The maximum atomic E-state index is 11.4. The lowest BCUT2D eigenvalue weighted by molar-refractivity contribution is 0.0691. The number of hydrogen-bond acceptors (Lipinski definition) is 4. The zero-order valence-corrected chi connectivity index (χ0v) is 12.8. The molecule has 0 aliphatic carbocycles. The van der Waals surface area contributed by atoms with Gasteiger partial charge in [-0.25, -0.2) is 4.79 Å². The van der Waals surface area contributed by atoms with Gasteiger partial charge in [-0.3, -0.25) is 0 Å². The lowest BCUT2D eigenvalue weighted by atomic mass is 10.2. The molecule has 3 aromatic rings. The Morgan fingerprint density at radius 1 is 0.875 bits per heavy atom. The molecular formula is C19H16O5. The van der Waals surface area contributed by atoms with Gasteiger partial charge in [-0.1, -0.05) is 36.4 Å². The molecule has 0 saturated carbocycles. The van der Waals surface area contributed by atoms with E-state index in [9.17, 15) is 9.90 Å². The summed E-state index contributed by atoms with van der Waals surface area (Å²) in [6.07, 6.45) is 0. The maximum absolute atomic E-state index is 11.4. The average molecular weight is 324 g/mol. The lowest BCUT2D eigenvalue weighted by Crippen LogP contribution is -2.02. The van der Waals surface area contributed by atoms with E-state index >= 15 is 0 Å². The zero-order valence-electron chi connectivity index (χ0n) is 12.8. The average Bonchev–Trinajstić information content (AvgIpc) is 3.04. The van der Waals surface area contributed by atoms with Crippen LogP contribution in [-0.2, 0) is 13.2 Å². The molecule has 0 fully saturated rings. The first kappa shape index (κ1) is 15.7. The minimum absolute atomic E-state index is 0.0387. The molecule has 5 nitrogen and oxygen atoms in total. The van der Waals surface area contributed by atoms with Crippen molar-refractivity contribution in [1.29, 1.82) is 0 Å². The predicted molar refractivity (Wildman–Crippen MR) is 87.2 cm³/mol. The fraction of sp³-hybridized carbons (Fsp3) is 0.105. The van der Waals surface area contributed by atoms with Gasteiger partial charge in [0.05, 0.1) is 0 Å².